The molecule has 3 aromatic rings. The van der Waals surface area contributed by atoms with E-state index in [0.717, 1.165) is 5.56 Å². The van der Waals surface area contributed by atoms with Gasteiger partial charge in [-0.2, -0.15) is 10.4 Å². The summed E-state index contributed by atoms with van der Waals surface area (Å²) in [7, 11) is 1.65. The molecule has 168 valence electrons. The normalized spacial score (nSPS) is 10.9. The van der Waals surface area contributed by atoms with Crippen LogP contribution >= 0.6 is 24.0 Å². The lowest BCUT2D eigenvalue weighted by Crippen LogP contribution is -2.37. The van der Waals surface area contributed by atoms with Crippen molar-refractivity contribution in [2.45, 2.75) is 19.4 Å². The van der Waals surface area contributed by atoms with Gasteiger partial charge in [-0.25, -0.2) is 13.5 Å². The van der Waals surface area contributed by atoms with E-state index in [1.807, 2.05) is 6.07 Å². The Morgan fingerprint density at radius 3 is 2.56 bits per heavy atom. The van der Waals surface area contributed by atoms with Crippen LogP contribution in [0.3, 0.4) is 0 Å². The number of aromatic nitrogens is 2. The van der Waals surface area contributed by atoms with Crippen molar-refractivity contribution in [1.29, 1.82) is 5.26 Å². The number of halogens is 3. The third kappa shape index (κ3) is 6.40. The smallest absolute Gasteiger partial charge is 0.191 e. The van der Waals surface area contributed by atoms with Crippen LogP contribution < -0.4 is 16.4 Å². The molecule has 4 N–H and O–H groups in total. The number of anilines is 1. The van der Waals surface area contributed by atoms with Crippen molar-refractivity contribution in [2.24, 2.45) is 4.99 Å². The zero-order chi connectivity index (χ0) is 22.2. The second-order valence-electron chi connectivity index (χ2n) is 6.79. The number of nitrogen functional groups attached to an aromatic ring is 1. The van der Waals surface area contributed by atoms with Crippen LogP contribution in [-0.4, -0.2) is 29.3 Å². The van der Waals surface area contributed by atoms with Crippen molar-refractivity contribution in [3.8, 4) is 11.8 Å². The highest BCUT2D eigenvalue weighted by atomic mass is 127. The molecule has 32 heavy (non-hydrogen) atoms. The highest BCUT2D eigenvalue weighted by molar-refractivity contribution is 14.0. The fourth-order valence-corrected chi connectivity index (χ4v) is 3.07. The van der Waals surface area contributed by atoms with E-state index in [2.05, 4.69) is 26.8 Å². The second kappa shape index (κ2) is 12.0. The molecule has 0 spiro atoms. The summed E-state index contributed by atoms with van der Waals surface area (Å²) in [6, 6.07) is 14.2. The van der Waals surface area contributed by atoms with Crippen molar-refractivity contribution >= 4 is 35.8 Å². The lowest BCUT2D eigenvalue weighted by atomic mass is 10.1. The Morgan fingerprint density at radius 1 is 1.16 bits per heavy atom. The minimum atomic E-state index is -0.360. The molecule has 0 aliphatic carbocycles. The average molecular weight is 551 g/mol. The molecule has 7 nitrogen and oxygen atoms in total. The summed E-state index contributed by atoms with van der Waals surface area (Å²) < 4.78 is 27.9. The van der Waals surface area contributed by atoms with Crippen molar-refractivity contribution in [3.05, 3.63) is 77.0 Å². The van der Waals surface area contributed by atoms with Crippen molar-refractivity contribution in [2.75, 3.05) is 19.3 Å². The van der Waals surface area contributed by atoms with Gasteiger partial charge in [-0.3, -0.25) is 4.99 Å². The van der Waals surface area contributed by atoms with Gasteiger partial charge in [-0.05, 0) is 54.8 Å². The summed E-state index contributed by atoms with van der Waals surface area (Å²) in [6.07, 6.45) is 1.20. The average Bonchev–Trinajstić information content (AvgIpc) is 3.09. The fourth-order valence-electron chi connectivity index (χ4n) is 3.07. The molecular weight excluding hydrogens is 527 g/mol. The Kier molecular flexibility index (Phi) is 9.39. The van der Waals surface area contributed by atoms with Gasteiger partial charge in [-0.15, -0.1) is 24.0 Å². The highest BCUT2D eigenvalue weighted by Gasteiger charge is 2.16. The van der Waals surface area contributed by atoms with E-state index in [4.69, 9.17) is 5.73 Å². The van der Waals surface area contributed by atoms with Gasteiger partial charge in [0.05, 0.1) is 11.4 Å². The van der Waals surface area contributed by atoms with Crippen molar-refractivity contribution in [1.82, 2.24) is 20.4 Å². The molecular formula is C22H24F2IN7. The van der Waals surface area contributed by atoms with E-state index in [9.17, 15) is 14.0 Å². The minimum absolute atomic E-state index is 0. The third-order valence-corrected chi connectivity index (χ3v) is 4.63. The number of nitrogens with zero attached hydrogens (tertiary/aromatic N) is 4. The molecule has 1 aromatic heterocycles. The third-order valence-electron chi connectivity index (χ3n) is 4.63. The number of aryl methyl sites for hydroxylation is 1. The van der Waals surface area contributed by atoms with Crippen LogP contribution in [0.15, 0.2) is 53.5 Å². The largest absolute Gasteiger partial charge is 0.382 e. The Bertz CT molecular complexity index is 1100. The molecule has 10 heteroatoms. The van der Waals surface area contributed by atoms with Crippen LogP contribution in [0.25, 0.3) is 5.69 Å². The minimum Gasteiger partial charge on any atom is -0.382 e. The Morgan fingerprint density at radius 2 is 1.91 bits per heavy atom. The first-order valence-corrected chi connectivity index (χ1v) is 9.74. The summed E-state index contributed by atoms with van der Waals surface area (Å²) in [6.45, 7) is 1.02. The molecule has 0 unspecified atom stereocenters. The SMILES string of the molecule is CN=C(NCCCc1nn(-c2ccc(F)cc2)c(N)c1C#N)NCc1cccc(F)c1.I. The number of nitrogens with two attached hydrogens (primary N) is 1. The van der Waals surface area contributed by atoms with Crippen LogP contribution in [0, 0.1) is 23.0 Å². The molecule has 0 bridgehead atoms. The molecule has 0 saturated heterocycles. The van der Waals surface area contributed by atoms with Crippen LogP contribution in [0.2, 0.25) is 0 Å². The molecule has 0 aliphatic rings. The molecule has 2 aromatic carbocycles. The zero-order valence-corrected chi connectivity index (χ0v) is 19.8. The van der Waals surface area contributed by atoms with Gasteiger partial charge >= 0.3 is 0 Å². The Hall–Kier alpha value is -3.20. The van der Waals surface area contributed by atoms with Crippen LogP contribution in [0.5, 0.6) is 0 Å². The number of aliphatic imine (C=N–C) groups is 1. The number of nitrogens with one attached hydrogen (secondary N) is 2. The summed E-state index contributed by atoms with van der Waals surface area (Å²) in [5.41, 5.74) is 8.37. The van der Waals surface area contributed by atoms with E-state index in [-0.39, 0.29) is 41.4 Å². The lowest BCUT2D eigenvalue weighted by Gasteiger charge is -2.11. The maximum absolute atomic E-state index is 13.3. The standard InChI is InChI=1S/C22H23F2N7.HI/c1-27-22(29-14-15-4-2-5-17(24)12-15)28-11-3-6-20-19(13-25)21(26)31(30-20)18-9-7-16(23)8-10-18;/h2,4-5,7-10,12H,3,6,11,14,26H2,1H3,(H2,27,28,29);1H. The Balaban J connectivity index is 0.00000363. The second-order valence-corrected chi connectivity index (χ2v) is 6.79. The number of hydrogen-bond acceptors (Lipinski definition) is 4. The molecule has 3 rings (SSSR count). The van der Waals surface area contributed by atoms with Gasteiger partial charge in [-0.1, -0.05) is 12.1 Å². The topological polar surface area (TPSA) is 104 Å². The van der Waals surface area contributed by atoms with E-state index in [1.54, 1.807) is 25.2 Å². The quantitative estimate of drug-likeness (QED) is 0.181. The summed E-state index contributed by atoms with van der Waals surface area (Å²) in [5, 5.41) is 20.2. The molecule has 0 atom stereocenters. The van der Waals surface area contributed by atoms with Gasteiger partial charge in [0.25, 0.3) is 0 Å². The predicted octanol–water partition coefficient (Wildman–Crippen LogP) is 3.52. The first-order valence-electron chi connectivity index (χ1n) is 9.74. The first-order chi connectivity index (χ1) is 15.0. The van der Waals surface area contributed by atoms with Crippen molar-refractivity contribution in [3.63, 3.8) is 0 Å². The molecule has 0 fully saturated rings. The number of nitriles is 1. The fraction of sp³-hybridized carbons (Fsp3) is 0.227. The number of benzene rings is 2. The van der Waals surface area contributed by atoms with Gasteiger partial charge in [0.2, 0.25) is 0 Å². The first kappa shape index (κ1) is 25.1. The summed E-state index contributed by atoms with van der Waals surface area (Å²) in [4.78, 5) is 4.15. The van der Waals surface area contributed by atoms with Gasteiger partial charge in [0.1, 0.15) is 29.1 Å². The molecule has 0 radical (unpaired) electrons. The maximum atomic E-state index is 13.3. The van der Waals surface area contributed by atoms with Crippen LogP contribution in [0.1, 0.15) is 23.2 Å². The molecule has 0 amide bonds. The van der Waals surface area contributed by atoms with Crippen molar-refractivity contribution < 1.29 is 8.78 Å². The maximum Gasteiger partial charge on any atom is 0.191 e. The number of guanidine groups is 1. The van der Waals surface area contributed by atoms with Crippen LogP contribution in [0.4, 0.5) is 14.6 Å². The van der Waals surface area contributed by atoms with Gasteiger partial charge < -0.3 is 16.4 Å². The predicted molar refractivity (Wildman–Crippen MR) is 131 cm³/mol. The van der Waals surface area contributed by atoms with E-state index in [1.165, 1.54) is 28.9 Å². The van der Waals surface area contributed by atoms with E-state index in [0.29, 0.717) is 48.8 Å². The molecule has 0 saturated carbocycles. The van der Waals surface area contributed by atoms with E-state index >= 15 is 0 Å². The van der Waals surface area contributed by atoms with E-state index < -0.39 is 0 Å². The lowest BCUT2D eigenvalue weighted by molar-refractivity contribution is 0.624. The van der Waals surface area contributed by atoms with Gasteiger partial charge in [0.15, 0.2) is 5.96 Å². The monoisotopic (exact) mass is 551 g/mol. The molecule has 1 heterocycles. The molecule has 0 aliphatic heterocycles. The summed E-state index contributed by atoms with van der Waals surface area (Å²) >= 11 is 0. The highest BCUT2D eigenvalue weighted by Crippen LogP contribution is 2.21. The zero-order valence-electron chi connectivity index (χ0n) is 17.5. The van der Waals surface area contributed by atoms with Crippen LogP contribution in [-0.2, 0) is 13.0 Å². The van der Waals surface area contributed by atoms with Gasteiger partial charge in [0, 0.05) is 20.1 Å². The number of hydrogen-bond donors (Lipinski definition) is 3. The Labute approximate surface area is 202 Å². The number of rotatable bonds is 7. The summed E-state index contributed by atoms with van der Waals surface area (Å²) in [5.74, 6) is 0.168.